The quantitative estimate of drug-likeness (QED) is 0.222. The van der Waals surface area contributed by atoms with Gasteiger partial charge in [-0.15, -0.1) is 0 Å². The molecule has 0 saturated carbocycles. The smallest absolute Gasteiger partial charge is 0.418 e. The molecular formula is C11H26BF4N3O2. The van der Waals surface area contributed by atoms with Crippen LogP contribution in [0.3, 0.4) is 0 Å². The zero-order chi connectivity index (χ0) is 17.2. The Balaban J connectivity index is 0. The van der Waals surface area contributed by atoms with Gasteiger partial charge in [-0.2, -0.15) is 0 Å². The Bertz CT molecular complexity index is 306. The number of aliphatic hydroxyl groups excluding tert-OH is 2. The van der Waals surface area contributed by atoms with Crippen molar-refractivity contribution in [2.24, 2.45) is 5.73 Å². The maximum atomic E-state index is 9.75. The van der Waals surface area contributed by atoms with Crippen molar-refractivity contribution in [2.45, 2.75) is 38.9 Å². The first-order valence-electron chi connectivity index (χ1n) is 6.62. The van der Waals surface area contributed by atoms with Crippen LogP contribution < -0.4 is 5.73 Å². The molecule has 5 nitrogen and oxygen atoms in total. The summed E-state index contributed by atoms with van der Waals surface area (Å²) in [5, 5.41) is 18.3. The Morgan fingerprint density at radius 1 is 1.14 bits per heavy atom. The molecule has 0 aliphatic carbocycles. The molecule has 0 radical (unpaired) electrons. The number of nitrogens with zero attached hydrogens (tertiary/aromatic N) is 2. The standard InChI is InChI=1S/C11H25N3O2.BF4/c1-9(15)5-7-13(3)11(12)14(4)8-6-10(2)16;2-1(3,4)5/h9-10,12,15-16H,5-8H2,1-4H3;/q;-1/p+1. The molecule has 0 aliphatic rings. The van der Waals surface area contributed by atoms with Crippen LogP contribution in [0, 0.1) is 0 Å². The van der Waals surface area contributed by atoms with E-state index in [2.05, 4.69) is 0 Å². The fourth-order valence-corrected chi connectivity index (χ4v) is 1.28. The molecule has 0 aromatic carbocycles. The van der Waals surface area contributed by atoms with E-state index in [1.165, 1.54) is 0 Å². The predicted octanol–water partition coefficient (Wildman–Crippen LogP) is 0.717. The van der Waals surface area contributed by atoms with E-state index >= 15 is 0 Å². The van der Waals surface area contributed by atoms with Crippen LogP contribution >= 0.6 is 0 Å². The molecule has 21 heavy (non-hydrogen) atoms. The molecule has 0 heterocycles. The third-order valence-electron chi connectivity index (χ3n) is 2.55. The van der Waals surface area contributed by atoms with Gasteiger partial charge in [-0.3, -0.25) is 15.2 Å². The fourth-order valence-electron chi connectivity index (χ4n) is 1.28. The average Bonchev–Trinajstić information content (AvgIpc) is 2.29. The van der Waals surface area contributed by atoms with Crippen LogP contribution in [0.25, 0.3) is 0 Å². The highest BCUT2D eigenvalue weighted by Gasteiger charge is 2.20. The summed E-state index contributed by atoms with van der Waals surface area (Å²) in [5.74, 6) is 0.668. The summed E-state index contributed by atoms with van der Waals surface area (Å²) in [5.41, 5.74) is 5.94. The van der Waals surface area contributed by atoms with Crippen LogP contribution in [0.1, 0.15) is 26.7 Å². The van der Waals surface area contributed by atoms with Crippen molar-refractivity contribution in [3.05, 3.63) is 0 Å². The number of aliphatic hydroxyl groups is 2. The van der Waals surface area contributed by atoms with Crippen molar-refractivity contribution < 1.29 is 32.1 Å². The Kier molecular flexibility index (Phi) is 11.3. The number of nitrogens with two attached hydrogens (primary N) is 1. The number of hydrogen-bond acceptors (Lipinski definition) is 2. The molecule has 0 aromatic heterocycles. The summed E-state index contributed by atoms with van der Waals surface area (Å²) in [7, 11) is -2.20. The second-order valence-corrected chi connectivity index (χ2v) is 4.97. The molecule has 0 aliphatic heterocycles. The van der Waals surface area contributed by atoms with Gasteiger partial charge in [-0.25, -0.2) is 0 Å². The van der Waals surface area contributed by atoms with Crippen molar-refractivity contribution in [3.8, 4) is 0 Å². The molecule has 0 rings (SSSR count). The molecule has 0 fully saturated rings. The van der Waals surface area contributed by atoms with E-state index < -0.39 is 7.25 Å². The summed E-state index contributed by atoms with van der Waals surface area (Å²) < 4.78 is 40.9. The van der Waals surface area contributed by atoms with Gasteiger partial charge in [0, 0.05) is 12.8 Å². The lowest BCUT2D eigenvalue weighted by molar-refractivity contribution is -0.505. The van der Waals surface area contributed by atoms with E-state index in [1.807, 2.05) is 23.6 Å². The first kappa shape index (κ1) is 22.3. The summed E-state index contributed by atoms with van der Waals surface area (Å²) in [6.07, 6.45) is 0.777. The highest BCUT2D eigenvalue weighted by molar-refractivity contribution is 6.50. The van der Waals surface area contributed by atoms with E-state index in [4.69, 9.17) is 5.73 Å². The van der Waals surface area contributed by atoms with Crippen LogP contribution in [-0.4, -0.2) is 72.3 Å². The molecule has 0 saturated heterocycles. The maximum Gasteiger partial charge on any atom is 0.673 e. The summed E-state index contributed by atoms with van der Waals surface area (Å²) >= 11 is 0. The van der Waals surface area contributed by atoms with Gasteiger partial charge in [-0.05, 0) is 13.8 Å². The number of halogens is 4. The van der Waals surface area contributed by atoms with E-state index in [1.54, 1.807) is 13.8 Å². The van der Waals surface area contributed by atoms with E-state index in [0.29, 0.717) is 18.8 Å². The minimum Gasteiger partial charge on any atom is -0.418 e. The first-order chi connectivity index (χ1) is 9.34. The predicted molar refractivity (Wildman–Crippen MR) is 75.7 cm³/mol. The van der Waals surface area contributed by atoms with Crippen molar-refractivity contribution in [2.75, 3.05) is 27.2 Å². The van der Waals surface area contributed by atoms with Crippen molar-refractivity contribution >= 4 is 13.2 Å². The van der Waals surface area contributed by atoms with Gasteiger partial charge < -0.3 is 27.5 Å². The highest BCUT2D eigenvalue weighted by Crippen LogP contribution is 2.06. The van der Waals surface area contributed by atoms with Gasteiger partial charge in [-0.1, -0.05) is 0 Å². The zero-order valence-corrected chi connectivity index (χ0v) is 12.9. The topological polar surface area (TPSA) is 72.7 Å². The first-order valence-corrected chi connectivity index (χ1v) is 6.62. The molecule has 2 atom stereocenters. The Labute approximate surface area is 123 Å². The van der Waals surface area contributed by atoms with Gasteiger partial charge in [0.05, 0.1) is 39.4 Å². The number of rotatable bonds is 6. The Morgan fingerprint density at radius 2 is 1.52 bits per heavy atom. The molecule has 4 N–H and O–H groups in total. The molecule has 0 aromatic rings. The average molecular weight is 319 g/mol. The van der Waals surface area contributed by atoms with E-state index in [9.17, 15) is 27.5 Å². The SMILES string of the molecule is CC(O)CCN(C)C(N)=[N+](C)CCC(C)O.F[B-](F)(F)F. The minimum absolute atomic E-state index is 0.307. The second kappa shape index (κ2) is 10.7. The lowest BCUT2D eigenvalue weighted by atomic mass is 10.3. The molecular weight excluding hydrogens is 293 g/mol. The van der Waals surface area contributed by atoms with Crippen LogP contribution in [-0.2, 0) is 0 Å². The molecule has 10 heteroatoms. The monoisotopic (exact) mass is 319 g/mol. The van der Waals surface area contributed by atoms with Crippen molar-refractivity contribution in [3.63, 3.8) is 0 Å². The minimum atomic E-state index is -6.00. The molecule has 0 bridgehead atoms. The Hall–Kier alpha value is -1.03. The lowest BCUT2D eigenvalue weighted by Gasteiger charge is -2.16. The van der Waals surface area contributed by atoms with Gasteiger partial charge in [0.15, 0.2) is 0 Å². The highest BCUT2D eigenvalue weighted by atomic mass is 19.5. The van der Waals surface area contributed by atoms with Crippen molar-refractivity contribution in [1.82, 2.24) is 4.90 Å². The normalized spacial score (nSPS) is 15.5. The molecule has 128 valence electrons. The maximum absolute atomic E-state index is 9.75. The molecule has 2 unspecified atom stereocenters. The van der Waals surface area contributed by atoms with E-state index in [0.717, 1.165) is 13.1 Å². The van der Waals surface area contributed by atoms with E-state index in [-0.39, 0.29) is 12.2 Å². The second-order valence-electron chi connectivity index (χ2n) is 4.97. The molecule has 0 spiro atoms. The van der Waals surface area contributed by atoms with Gasteiger partial charge in [0.1, 0.15) is 0 Å². The number of hydrogen-bond donors (Lipinski definition) is 3. The summed E-state index contributed by atoms with van der Waals surface area (Å²) in [6, 6.07) is 0. The van der Waals surface area contributed by atoms with Crippen LogP contribution in [0.4, 0.5) is 17.3 Å². The number of guanidine groups is 1. The Morgan fingerprint density at radius 3 is 1.86 bits per heavy atom. The van der Waals surface area contributed by atoms with Crippen LogP contribution in [0.5, 0.6) is 0 Å². The third-order valence-corrected chi connectivity index (χ3v) is 2.55. The van der Waals surface area contributed by atoms with Crippen LogP contribution in [0.15, 0.2) is 0 Å². The van der Waals surface area contributed by atoms with Gasteiger partial charge >= 0.3 is 13.2 Å². The molecule has 0 amide bonds. The summed E-state index contributed by atoms with van der Waals surface area (Å²) in [6.45, 7) is 4.98. The third kappa shape index (κ3) is 19.0. The fraction of sp³-hybridized carbons (Fsp3) is 0.909. The lowest BCUT2D eigenvalue weighted by Crippen LogP contribution is -2.42. The van der Waals surface area contributed by atoms with Gasteiger partial charge in [0.25, 0.3) is 0 Å². The van der Waals surface area contributed by atoms with Gasteiger partial charge in [0.2, 0.25) is 0 Å². The zero-order valence-electron chi connectivity index (χ0n) is 12.9. The summed E-state index contributed by atoms with van der Waals surface area (Å²) in [4.78, 5) is 1.91. The van der Waals surface area contributed by atoms with Crippen LogP contribution in [0.2, 0.25) is 0 Å². The largest absolute Gasteiger partial charge is 0.673 e. The van der Waals surface area contributed by atoms with Crippen molar-refractivity contribution in [1.29, 1.82) is 0 Å².